The Balaban J connectivity index is 1.87. The standard InChI is InChI=1S/C18H26N2O5/c1-12(2)10-15(16(21)19-14-8-9-24-17(14)22)20-18(23)25-11-13-6-4-3-5-7-13/h3-7,12,14-15,17,22H,8-11H2,1-2H3,(H,19,21)(H,20,23). The van der Waals surface area contributed by atoms with Crippen LogP contribution in [0.1, 0.15) is 32.3 Å². The van der Waals surface area contributed by atoms with E-state index in [1.54, 1.807) is 0 Å². The summed E-state index contributed by atoms with van der Waals surface area (Å²) in [6.07, 6.45) is -0.642. The summed E-state index contributed by atoms with van der Waals surface area (Å²) in [7, 11) is 0. The summed E-state index contributed by atoms with van der Waals surface area (Å²) < 4.78 is 10.2. The van der Waals surface area contributed by atoms with Crippen molar-refractivity contribution in [3.05, 3.63) is 35.9 Å². The number of benzene rings is 1. The minimum absolute atomic E-state index is 0.137. The first-order chi connectivity index (χ1) is 12.0. The van der Waals surface area contributed by atoms with E-state index in [9.17, 15) is 14.7 Å². The Hall–Kier alpha value is -2.12. The normalized spacial score (nSPS) is 21.0. The highest BCUT2D eigenvalue weighted by molar-refractivity contribution is 5.85. The van der Waals surface area contributed by atoms with Crippen LogP contribution in [0.15, 0.2) is 30.3 Å². The van der Waals surface area contributed by atoms with Crippen LogP contribution in [0.3, 0.4) is 0 Å². The Morgan fingerprint density at radius 1 is 1.32 bits per heavy atom. The molecular formula is C18H26N2O5. The molecule has 1 aromatic rings. The summed E-state index contributed by atoms with van der Waals surface area (Å²) in [5.41, 5.74) is 0.869. The van der Waals surface area contributed by atoms with E-state index in [0.29, 0.717) is 19.4 Å². The molecular weight excluding hydrogens is 324 g/mol. The van der Waals surface area contributed by atoms with E-state index in [-0.39, 0.29) is 18.4 Å². The molecule has 3 unspecified atom stereocenters. The van der Waals surface area contributed by atoms with Crippen LogP contribution in [0.2, 0.25) is 0 Å². The van der Waals surface area contributed by atoms with Crippen molar-refractivity contribution < 1.29 is 24.2 Å². The summed E-state index contributed by atoms with van der Waals surface area (Å²) >= 11 is 0. The predicted octanol–water partition coefficient (Wildman–Crippen LogP) is 1.55. The highest BCUT2D eigenvalue weighted by Crippen LogP contribution is 2.12. The molecule has 25 heavy (non-hydrogen) atoms. The zero-order valence-electron chi connectivity index (χ0n) is 14.6. The molecule has 1 aliphatic rings. The molecule has 1 fully saturated rings. The van der Waals surface area contributed by atoms with Crippen molar-refractivity contribution in [2.45, 2.75) is 51.7 Å². The number of carbonyl (C=O) groups is 2. The molecule has 2 amide bonds. The average Bonchev–Trinajstić information content (AvgIpc) is 2.98. The van der Waals surface area contributed by atoms with Gasteiger partial charge in [-0.3, -0.25) is 4.79 Å². The minimum atomic E-state index is -1.01. The van der Waals surface area contributed by atoms with Crippen molar-refractivity contribution in [2.75, 3.05) is 6.61 Å². The van der Waals surface area contributed by atoms with Gasteiger partial charge in [-0.2, -0.15) is 0 Å². The lowest BCUT2D eigenvalue weighted by atomic mass is 10.0. The van der Waals surface area contributed by atoms with Crippen molar-refractivity contribution in [1.82, 2.24) is 10.6 Å². The number of hydrogen-bond donors (Lipinski definition) is 3. The third kappa shape index (κ3) is 6.36. The third-order valence-corrected chi connectivity index (χ3v) is 3.92. The number of aliphatic hydroxyl groups excluding tert-OH is 1. The van der Waals surface area contributed by atoms with Crippen molar-refractivity contribution >= 4 is 12.0 Å². The van der Waals surface area contributed by atoms with Crippen LogP contribution in [0, 0.1) is 5.92 Å². The molecule has 1 heterocycles. The van der Waals surface area contributed by atoms with Crippen molar-refractivity contribution in [2.24, 2.45) is 5.92 Å². The largest absolute Gasteiger partial charge is 0.445 e. The maximum atomic E-state index is 12.4. The van der Waals surface area contributed by atoms with Gasteiger partial charge in [-0.1, -0.05) is 44.2 Å². The molecule has 0 aliphatic carbocycles. The summed E-state index contributed by atoms with van der Waals surface area (Å²) in [4.78, 5) is 24.5. The van der Waals surface area contributed by atoms with Gasteiger partial charge in [0, 0.05) is 0 Å². The quantitative estimate of drug-likeness (QED) is 0.693. The van der Waals surface area contributed by atoms with Crippen LogP contribution in [-0.4, -0.2) is 42.1 Å². The smallest absolute Gasteiger partial charge is 0.408 e. The van der Waals surface area contributed by atoms with Gasteiger partial charge in [0.25, 0.3) is 0 Å². The van der Waals surface area contributed by atoms with E-state index in [4.69, 9.17) is 9.47 Å². The molecule has 0 radical (unpaired) electrons. The third-order valence-electron chi connectivity index (χ3n) is 3.92. The Kier molecular flexibility index (Phi) is 7.21. The van der Waals surface area contributed by atoms with Crippen molar-refractivity contribution in [3.63, 3.8) is 0 Å². The first-order valence-corrected chi connectivity index (χ1v) is 8.53. The van der Waals surface area contributed by atoms with Gasteiger partial charge in [-0.25, -0.2) is 4.79 Å². The van der Waals surface area contributed by atoms with Crippen molar-refractivity contribution in [1.29, 1.82) is 0 Å². The molecule has 3 N–H and O–H groups in total. The number of ether oxygens (including phenoxy) is 2. The van der Waals surface area contributed by atoms with E-state index in [0.717, 1.165) is 5.56 Å². The second kappa shape index (κ2) is 9.39. The fraction of sp³-hybridized carbons (Fsp3) is 0.556. The van der Waals surface area contributed by atoms with Gasteiger partial charge in [0.05, 0.1) is 12.6 Å². The van der Waals surface area contributed by atoms with Crippen LogP contribution in [-0.2, 0) is 20.9 Å². The summed E-state index contributed by atoms with van der Waals surface area (Å²) in [6.45, 7) is 4.46. The number of nitrogens with one attached hydrogen (secondary N) is 2. The fourth-order valence-electron chi connectivity index (χ4n) is 2.61. The van der Waals surface area contributed by atoms with Crippen LogP contribution in [0.25, 0.3) is 0 Å². The molecule has 3 atom stereocenters. The molecule has 0 saturated carbocycles. The first-order valence-electron chi connectivity index (χ1n) is 8.53. The SMILES string of the molecule is CC(C)CC(NC(=O)OCc1ccccc1)C(=O)NC1CCOC1O. The monoisotopic (exact) mass is 350 g/mol. The van der Waals surface area contributed by atoms with E-state index in [1.165, 1.54) is 0 Å². The van der Waals surface area contributed by atoms with Gasteiger partial charge in [0.2, 0.25) is 5.91 Å². The summed E-state index contributed by atoms with van der Waals surface area (Å²) in [5, 5.41) is 15.0. The lowest BCUT2D eigenvalue weighted by Crippen LogP contribution is -2.51. The lowest BCUT2D eigenvalue weighted by Gasteiger charge is -2.23. The molecule has 7 heteroatoms. The number of alkyl carbamates (subject to hydrolysis) is 1. The van der Waals surface area contributed by atoms with Crippen LogP contribution < -0.4 is 10.6 Å². The van der Waals surface area contributed by atoms with E-state index >= 15 is 0 Å². The second-order valence-electron chi connectivity index (χ2n) is 6.55. The summed E-state index contributed by atoms with van der Waals surface area (Å²) in [6, 6.07) is 8.13. The van der Waals surface area contributed by atoms with Gasteiger partial charge >= 0.3 is 6.09 Å². The zero-order valence-corrected chi connectivity index (χ0v) is 14.6. The van der Waals surface area contributed by atoms with Gasteiger partial charge in [-0.15, -0.1) is 0 Å². The second-order valence-corrected chi connectivity index (χ2v) is 6.55. The highest BCUT2D eigenvalue weighted by Gasteiger charge is 2.31. The molecule has 2 rings (SSSR count). The molecule has 0 aromatic heterocycles. The topological polar surface area (TPSA) is 96.9 Å². The maximum absolute atomic E-state index is 12.4. The molecule has 7 nitrogen and oxygen atoms in total. The van der Waals surface area contributed by atoms with Crippen LogP contribution in [0.4, 0.5) is 4.79 Å². The molecule has 138 valence electrons. The Bertz CT molecular complexity index is 564. The van der Waals surface area contributed by atoms with Gasteiger partial charge < -0.3 is 25.2 Å². The number of rotatable bonds is 7. The number of amides is 2. The molecule has 1 aromatic carbocycles. The Labute approximate surface area is 147 Å². The van der Waals surface area contributed by atoms with Gasteiger partial charge in [0.1, 0.15) is 12.6 Å². The maximum Gasteiger partial charge on any atom is 0.408 e. The minimum Gasteiger partial charge on any atom is -0.445 e. The molecule has 0 spiro atoms. The molecule has 0 bridgehead atoms. The Morgan fingerprint density at radius 2 is 2.04 bits per heavy atom. The van der Waals surface area contributed by atoms with E-state index in [2.05, 4.69) is 10.6 Å². The van der Waals surface area contributed by atoms with E-state index < -0.39 is 24.5 Å². The van der Waals surface area contributed by atoms with Crippen LogP contribution in [0.5, 0.6) is 0 Å². The number of aliphatic hydroxyl groups is 1. The van der Waals surface area contributed by atoms with Crippen molar-refractivity contribution in [3.8, 4) is 0 Å². The predicted molar refractivity (Wildman–Crippen MR) is 91.5 cm³/mol. The number of hydrogen-bond acceptors (Lipinski definition) is 5. The fourth-order valence-corrected chi connectivity index (χ4v) is 2.61. The van der Waals surface area contributed by atoms with Gasteiger partial charge in [-0.05, 0) is 24.3 Å². The molecule has 1 aliphatic heterocycles. The first kappa shape index (κ1) is 19.2. The summed E-state index contributed by atoms with van der Waals surface area (Å²) in [5.74, 6) is -0.144. The number of carbonyl (C=O) groups excluding carboxylic acids is 2. The lowest BCUT2D eigenvalue weighted by molar-refractivity contribution is -0.127. The Morgan fingerprint density at radius 3 is 2.64 bits per heavy atom. The molecule has 1 saturated heterocycles. The van der Waals surface area contributed by atoms with E-state index in [1.807, 2.05) is 44.2 Å². The van der Waals surface area contributed by atoms with Gasteiger partial charge in [0.15, 0.2) is 6.29 Å². The van der Waals surface area contributed by atoms with Crippen LogP contribution >= 0.6 is 0 Å². The zero-order chi connectivity index (χ0) is 18.2. The average molecular weight is 350 g/mol. The highest BCUT2D eigenvalue weighted by atomic mass is 16.6.